The van der Waals surface area contributed by atoms with E-state index in [4.69, 9.17) is 0 Å². The van der Waals surface area contributed by atoms with Gasteiger partial charge in [0.2, 0.25) is 5.56 Å². The number of hydrogen-bond donors (Lipinski definition) is 1. The lowest BCUT2D eigenvalue weighted by Crippen LogP contribution is -2.28. The van der Waals surface area contributed by atoms with Crippen LogP contribution in [0.5, 0.6) is 0 Å². The number of anilines is 1. The normalized spacial score (nSPS) is 12.5. The Morgan fingerprint density at radius 1 is 1.35 bits per heavy atom. The van der Waals surface area contributed by atoms with Crippen molar-refractivity contribution >= 4 is 16.9 Å². The molecule has 0 spiro atoms. The Morgan fingerprint density at radius 2 is 2.13 bits per heavy atom. The number of rotatable bonds is 4. The molecule has 0 aliphatic carbocycles. The molecular formula is C16H20N6O. The van der Waals surface area contributed by atoms with E-state index in [1.165, 1.54) is 0 Å². The van der Waals surface area contributed by atoms with Gasteiger partial charge in [-0.1, -0.05) is 6.07 Å². The maximum Gasteiger partial charge on any atom is 0.247 e. The summed E-state index contributed by atoms with van der Waals surface area (Å²) in [5.74, 6) is 1.57. The number of hydrogen-bond acceptors (Lipinski definition) is 5. The van der Waals surface area contributed by atoms with Crippen molar-refractivity contribution in [1.82, 2.24) is 24.7 Å². The van der Waals surface area contributed by atoms with Crippen LogP contribution in [0, 0.1) is 6.92 Å². The molecule has 7 nitrogen and oxygen atoms in total. The third-order valence-electron chi connectivity index (χ3n) is 4.05. The summed E-state index contributed by atoms with van der Waals surface area (Å²) in [6.07, 6.45) is 3.55. The highest BCUT2D eigenvalue weighted by Crippen LogP contribution is 2.30. The summed E-state index contributed by atoms with van der Waals surface area (Å²) in [7, 11) is 1.88. The van der Waals surface area contributed by atoms with Crippen LogP contribution in [0.25, 0.3) is 11.0 Å². The smallest absolute Gasteiger partial charge is 0.247 e. The third-order valence-corrected chi connectivity index (χ3v) is 4.05. The fourth-order valence-corrected chi connectivity index (χ4v) is 2.80. The zero-order valence-corrected chi connectivity index (χ0v) is 13.7. The van der Waals surface area contributed by atoms with Crippen molar-refractivity contribution in [3.05, 3.63) is 46.3 Å². The van der Waals surface area contributed by atoms with Crippen LogP contribution in [-0.4, -0.2) is 31.3 Å². The van der Waals surface area contributed by atoms with Gasteiger partial charge >= 0.3 is 0 Å². The van der Waals surface area contributed by atoms with E-state index in [0.717, 1.165) is 29.0 Å². The van der Waals surface area contributed by atoms with E-state index in [2.05, 4.69) is 38.8 Å². The Kier molecular flexibility index (Phi) is 3.85. The van der Waals surface area contributed by atoms with Crippen molar-refractivity contribution in [2.45, 2.75) is 26.8 Å². The van der Waals surface area contributed by atoms with Crippen LogP contribution >= 0.6 is 0 Å². The summed E-state index contributed by atoms with van der Waals surface area (Å²) in [4.78, 5) is 25.3. The maximum atomic E-state index is 11.3. The molecule has 0 saturated carbocycles. The van der Waals surface area contributed by atoms with Gasteiger partial charge < -0.3 is 9.88 Å². The summed E-state index contributed by atoms with van der Waals surface area (Å²) >= 11 is 0. The van der Waals surface area contributed by atoms with Crippen molar-refractivity contribution < 1.29 is 0 Å². The van der Waals surface area contributed by atoms with Crippen molar-refractivity contribution in [3.8, 4) is 0 Å². The summed E-state index contributed by atoms with van der Waals surface area (Å²) in [6, 6.07) is 3.46. The number of aryl methyl sites for hydroxylation is 2. The first-order valence-electron chi connectivity index (χ1n) is 7.63. The molecule has 1 atom stereocenters. The molecule has 3 rings (SSSR count). The molecule has 0 saturated heterocycles. The fraction of sp³-hybridized carbons (Fsp3) is 0.375. The summed E-state index contributed by atoms with van der Waals surface area (Å²) in [5.41, 5.74) is 1.75. The van der Waals surface area contributed by atoms with Crippen LogP contribution in [0.3, 0.4) is 0 Å². The molecule has 7 heteroatoms. The van der Waals surface area contributed by atoms with E-state index in [9.17, 15) is 4.79 Å². The van der Waals surface area contributed by atoms with Gasteiger partial charge in [0.1, 0.15) is 11.6 Å². The van der Waals surface area contributed by atoms with Gasteiger partial charge in [0.15, 0.2) is 5.65 Å². The largest absolute Gasteiger partial charge is 0.349 e. The molecule has 3 aromatic rings. The molecule has 0 aromatic carbocycles. The maximum absolute atomic E-state index is 11.3. The molecule has 1 N–H and O–H groups in total. The predicted octanol–water partition coefficient (Wildman–Crippen LogP) is 1.95. The summed E-state index contributed by atoms with van der Waals surface area (Å²) in [5, 5.41) is 5.22. The fourth-order valence-electron chi connectivity index (χ4n) is 2.80. The topological polar surface area (TPSA) is 79.7 Å². The minimum absolute atomic E-state index is 0.0644. The summed E-state index contributed by atoms with van der Waals surface area (Å²) in [6.45, 7) is 6.84. The van der Waals surface area contributed by atoms with Crippen molar-refractivity contribution in [2.24, 2.45) is 7.05 Å². The van der Waals surface area contributed by atoms with Crippen molar-refractivity contribution in [2.75, 3.05) is 11.4 Å². The van der Waals surface area contributed by atoms with Gasteiger partial charge in [-0.2, -0.15) is 5.10 Å². The number of nitrogens with zero attached hydrogens (tertiary/aromatic N) is 5. The quantitative estimate of drug-likeness (QED) is 0.796. The zero-order valence-electron chi connectivity index (χ0n) is 13.7. The molecule has 3 heterocycles. The highest BCUT2D eigenvalue weighted by Gasteiger charge is 2.21. The van der Waals surface area contributed by atoms with Gasteiger partial charge in [-0.15, -0.1) is 0 Å². The van der Waals surface area contributed by atoms with Crippen molar-refractivity contribution in [1.29, 1.82) is 0 Å². The number of nitrogens with one attached hydrogen (secondary N) is 1. The van der Waals surface area contributed by atoms with Crippen LogP contribution in [0.2, 0.25) is 0 Å². The number of H-pyrrole nitrogens is 1. The molecule has 0 bridgehead atoms. The van der Waals surface area contributed by atoms with Gasteiger partial charge in [-0.3, -0.25) is 9.48 Å². The average Bonchev–Trinajstić information content (AvgIpc) is 2.90. The molecular weight excluding hydrogens is 292 g/mol. The Balaban J connectivity index is 2.10. The third kappa shape index (κ3) is 2.69. The minimum Gasteiger partial charge on any atom is -0.349 e. The molecule has 3 aromatic heterocycles. The number of fused-ring (bicyclic) bond motifs is 1. The molecule has 1 unspecified atom stereocenters. The molecule has 23 heavy (non-hydrogen) atoms. The monoisotopic (exact) mass is 312 g/mol. The van der Waals surface area contributed by atoms with E-state index < -0.39 is 0 Å². The van der Waals surface area contributed by atoms with Crippen LogP contribution in [0.15, 0.2) is 29.3 Å². The second-order valence-corrected chi connectivity index (χ2v) is 5.55. The van der Waals surface area contributed by atoms with E-state index in [-0.39, 0.29) is 11.6 Å². The first kappa shape index (κ1) is 15.2. The average molecular weight is 312 g/mol. The van der Waals surface area contributed by atoms with Gasteiger partial charge in [-0.25, -0.2) is 9.97 Å². The van der Waals surface area contributed by atoms with E-state index in [1.54, 1.807) is 23.1 Å². The minimum atomic E-state index is -0.100. The molecule has 120 valence electrons. The molecule has 0 fully saturated rings. The molecule has 0 radical (unpaired) electrons. The lowest BCUT2D eigenvalue weighted by atomic mass is 10.1. The summed E-state index contributed by atoms with van der Waals surface area (Å²) < 4.78 is 1.76. The standard InChI is InChI=1S/C16H20N6O/c1-5-22(10(2)12-6-7-14(23)17-8-12)16-13-9-18-21(4)15(13)19-11(3)20-16/h6-10H,5H2,1-4H3,(H,17,23). The van der Waals surface area contributed by atoms with Gasteiger partial charge in [0, 0.05) is 25.9 Å². The Morgan fingerprint density at radius 3 is 2.78 bits per heavy atom. The molecule has 0 amide bonds. The lowest BCUT2D eigenvalue weighted by molar-refractivity contribution is 0.677. The number of aromatic amines is 1. The highest BCUT2D eigenvalue weighted by molar-refractivity contribution is 5.87. The second-order valence-electron chi connectivity index (χ2n) is 5.55. The van der Waals surface area contributed by atoms with Gasteiger partial charge in [0.25, 0.3) is 0 Å². The highest BCUT2D eigenvalue weighted by atomic mass is 16.1. The lowest BCUT2D eigenvalue weighted by Gasteiger charge is -2.29. The molecule has 0 aliphatic rings. The Hall–Kier alpha value is -2.70. The number of aromatic nitrogens is 5. The Bertz CT molecular complexity index is 877. The van der Waals surface area contributed by atoms with Crippen LogP contribution < -0.4 is 10.5 Å². The van der Waals surface area contributed by atoms with Crippen LogP contribution in [-0.2, 0) is 7.05 Å². The van der Waals surface area contributed by atoms with Gasteiger partial charge in [0.05, 0.1) is 17.6 Å². The number of pyridine rings is 1. The first-order chi connectivity index (χ1) is 11.0. The van der Waals surface area contributed by atoms with Crippen LogP contribution in [0.1, 0.15) is 31.3 Å². The second kappa shape index (κ2) is 5.83. The zero-order chi connectivity index (χ0) is 16.6. The predicted molar refractivity (Wildman–Crippen MR) is 89.5 cm³/mol. The van der Waals surface area contributed by atoms with Crippen molar-refractivity contribution in [3.63, 3.8) is 0 Å². The van der Waals surface area contributed by atoms with E-state index in [1.807, 2.05) is 20.0 Å². The van der Waals surface area contributed by atoms with E-state index in [0.29, 0.717) is 5.82 Å². The van der Waals surface area contributed by atoms with Gasteiger partial charge in [-0.05, 0) is 26.3 Å². The Labute approximate surface area is 134 Å². The molecule has 0 aliphatic heterocycles. The SMILES string of the molecule is CCN(c1nc(C)nc2c1cnn2C)C(C)c1ccc(=O)[nH]c1. The van der Waals surface area contributed by atoms with E-state index >= 15 is 0 Å². The van der Waals surface area contributed by atoms with Crippen LogP contribution in [0.4, 0.5) is 5.82 Å². The first-order valence-corrected chi connectivity index (χ1v) is 7.63.